The Hall–Kier alpha value is -2.17. The van der Waals surface area contributed by atoms with Crippen molar-refractivity contribution in [3.05, 3.63) is 63.6 Å². The monoisotopic (exact) mass is 526 g/mol. The molecule has 2 aromatic carbocycles. The molecule has 0 spiro atoms. The summed E-state index contributed by atoms with van der Waals surface area (Å²) < 4.78 is 30.2. The second-order valence-corrected chi connectivity index (χ2v) is 10.7. The highest BCUT2D eigenvalue weighted by Gasteiger charge is 2.19. The first-order valence-electron chi connectivity index (χ1n) is 10.7. The SMILES string of the molecule is CN(Cc1ccc(C2=NCCN2C)cc1)C(=O)COCCNCS(=O)(=O)c1cccc(Cl)c1Cl. The summed E-state index contributed by atoms with van der Waals surface area (Å²) in [6, 6.07) is 12.5. The Balaban J connectivity index is 1.36. The zero-order valence-electron chi connectivity index (χ0n) is 19.1. The van der Waals surface area contributed by atoms with Crippen LogP contribution in [-0.2, 0) is 25.9 Å². The van der Waals surface area contributed by atoms with Crippen molar-refractivity contribution in [3.8, 4) is 0 Å². The Labute approximate surface area is 210 Å². The van der Waals surface area contributed by atoms with E-state index in [-0.39, 0.29) is 46.5 Å². The normalized spacial score (nSPS) is 13.8. The predicted molar refractivity (Wildman–Crippen MR) is 134 cm³/mol. The molecule has 3 rings (SSSR count). The highest BCUT2D eigenvalue weighted by atomic mass is 35.5. The van der Waals surface area contributed by atoms with E-state index in [2.05, 4.69) is 15.2 Å². The molecule has 0 atom stereocenters. The standard InChI is InChI=1S/C23H28Cl2N4O4S/c1-28-12-10-27-23(28)18-8-6-17(7-9-18)14-29(2)21(30)15-33-13-11-26-16-34(31,32)20-5-3-4-19(24)22(20)25/h3-9,26H,10-16H2,1-2H3. The first-order valence-corrected chi connectivity index (χ1v) is 13.1. The molecule has 2 aromatic rings. The minimum absolute atomic E-state index is 0.00474. The van der Waals surface area contributed by atoms with Gasteiger partial charge in [0.2, 0.25) is 5.91 Å². The van der Waals surface area contributed by atoms with Crippen LogP contribution in [0.5, 0.6) is 0 Å². The zero-order valence-corrected chi connectivity index (χ0v) is 21.5. The molecule has 0 bridgehead atoms. The van der Waals surface area contributed by atoms with Gasteiger partial charge in [0.05, 0.1) is 28.1 Å². The van der Waals surface area contributed by atoms with E-state index in [1.807, 2.05) is 31.3 Å². The summed E-state index contributed by atoms with van der Waals surface area (Å²) >= 11 is 11.9. The van der Waals surface area contributed by atoms with Gasteiger partial charge in [0.1, 0.15) is 18.3 Å². The molecular formula is C23H28Cl2N4O4S. The Bertz CT molecular complexity index is 1140. The second-order valence-electron chi connectivity index (χ2n) is 7.94. The van der Waals surface area contributed by atoms with E-state index in [0.29, 0.717) is 6.54 Å². The molecule has 1 aliphatic rings. The number of amidine groups is 1. The fourth-order valence-electron chi connectivity index (χ4n) is 3.39. The third-order valence-electron chi connectivity index (χ3n) is 5.31. The fourth-order valence-corrected chi connectivity index (χ4v) is 5.33. The van der Waals surface area contributed by atoms with Crippen LogP contribution in [0, 0.1) is 0 Å². The number of ether oxygens (including phenoxy) is 1. The molecule has 1 aliphatic heterocycles. The molecule has 1 heterocycles. The number of likely N-dealkylation sites (N-methyl/N-ethyl adjacent to an activating group) is 2. The minimum atomic E-state index is -3.65. The predicted octanol–water partition coefficient (Wildman–Crippen LogP) is 2.68. The molecule has 1 N–H and O–H groups in total. The van der Waals surface area contributed by atoms with Crippen LogP contribution in [0.15, 0.2) is 52.4 Å². The number of halogens is 2. The number of hydrogen-bond acceptors (Lipinski definition) is 7. The average molecular weight is 527 g/mol. The topological polar surface area (TPSA) is 91.3 Å². The molecule has 0 saturated heterocycles. The van der Waals surface area contributed by atoms with E-state index in [1.165, 1.54) is 18.2 Å². The lowest BCUT2D eigenvalue weighted by molar-refractivity contribution is -0.135. The third kappa shape index (κ3) is 6.93. The summed E-state index contributed by atoms with van der Waals surface area (Å²) in [6.07, 6.45) is 0. The Kier molecular flexibility index (Phi) is 9.32. The van der Waals surface area contributed by atoms with E-state index >= 15 is 0 Å². The molecule has 0 fully saturated rings. The molecule has 11 heteroatoms. The van der Waals surface area contributed by atoms with Crippen LogP contribution >= 0.6 is 23.2 Å². The molecule has 8 nitrogen and oxygen atoms in total. The van der Waals surface area contributed by atoms with Gasteiger partial charge in [-0.15, -0.1) is 0 Å². The van der Waals surface area contributed by atoms with Gasteiger partial charge < -0.3 is 19.9 Å². The molecule has 184 valence electrons. The Morgan fingerprint density at radius 2 is 1.94 bits per heavy atom. The molecule has 1 amide bonds. The van der Waals surface area contributed by atoms with E-state index in [9.17, 15) is 13.2 Å². The van der Waals surface area contributed by atoms with Crippen LogP contribution in [-0.4, -0.2) is 82.8 Å². The van der Waals surface area contributed by atoms with E-state index in [0.717, 1.165) is 30.1 Å². The summed E-state index contributed by atoms with van der Waals surface area (Å²) in [5.41, 5.74) is 2.07. The average Bonchev–Trinajstić information content (AvgIpc) is 3.24. The Morgan fingerprint density at radius 3 is 2.62 bits per heavy atom. The van der Waals surface area contributed by atoms with Crippen molar-refractivity contribution in [1.29, 1.82) is 0 Å². The number of carbonyl (C=O) groups excluding carboxylic acids is 1. The van der Waals surface area contributed by atoms with E-state index < -0.39 is 9.84 Å². The van der Waals surface area contributed by atoms with Crippen LogP contribution in [0.25, 0.3) is 0 Å². The fraction of sp³-hybridized carbons (Fsp3) is 0.391. The van der Waals surface area contributed by atoms with Gasteiger partial charge in [-0.1, -0.05) is 53.5 Å². The Morgan fingerprint density at radius 1 is 1.21 bits per heavy atom. The molecule has 34 heavy (non-hydrogen) atoms. The maximum absolute atomic E-state index is 12.4. The van der Waals surface area contributed by atoms with Gasteiger partial charge in [-0.25, -0.2) is 8.42 Å². The van der Waals surface area contributed by atoms with Gasteiger partial charge in [-0.3, -0.25) is 9.79 Å². The van der Waals surface area contributed by atoms with Crippen molar-refractivity contribution in [3.63, 3.8) is 0 Å². The quantitative estimate of drug-likeness (QED) is 0.452. The van der Waals surface area contributed by atoms with Crippen molar-refractivity contribution in [1.82, 2.24) is 15.1 Å². The highest BCUT2D eigenvalue weighted by molar-refractivity contribution is 7.91. The number of sulfone groups is 1. The summed E-state index contributed by atoms with van der Waals surface area (Å²) in [7, 11) is 0.0946. The van der Waals surface area contributed by atoms with Gasteiger partial charge in [0.25, 0.3) is 0 Å². The third-order valence-corrected chi connectivity index (χ3v) is 7.83. The number of carbonyl (C=O) groups is 1. The summed E-state index contributed by atoms with van der Waals surface area (Å²) in [4.78, 5) is 20.5. The number of aliphatic imine (C=N–C) groups is 1. The summed E-state index contributed by atoms with van der Waals surface area (Å²) in [5, 5.41) is 2.98. The molecule has 0 aromatic heterocycles. The number of nitrogens with one attached hydrogen (secondary N) is 1. The number of nitrogens with zero attached hydrogens (tertiary/aromatic N) is 3. The lowest BCUT2D eigenvalue weighted by Gasteiger charge is -2.18. The van der Waals surface area contributed by atoms with Crippen molar-refractivity contribution < 1.29 is 17.9 Å². The minimum Gasteiger partial charge on any atom is -0.370 e. The van der Waals surface area contributed by atoms with Gasteiger partial charge in [-0.2, -0.15) is 0 Å². The largest absolute Gasteiger partial charge is 0.370 e. The maximum Gasteiger partial charge on any atom is 0.248 e. The van der Waals surface area contributed by atoms with Crippen molar-refractivity contribution in [2.45, 2.75) is 11.4 Å². The number of benzene rings is 2. The van der Waals surface area contributed by atoms with Crippen molar-refractivity contribution in [2.75, 3.05) is 52.8 Å². The molecule has 0 saturated carbocycles. The maximum atomic E-state index is 12.4. The van der Waals surface area contributed by atoms with Crippen LogP contribution in [0.4, 0.5) is 0 Å². The first-order chi connectivity index (χ1) is 16.2. The second kappa shape index (κ2) is 12.0. The molecule has 0 radical (unpaired) electrons. The van der Waals surface area contributed by atoms with Gasteiger partial charge in [0.15, 0.2) is 9.84 Å². The molecule has 0 aliphatic carbocycles. The van der Waals surface area contributed by atoms with E-state index in [1.54, 1.807) is 11.9 Å². The number of hydrogen-bond donors (Lipinski definition) is 1. The van der Waals surface area contributed by atoms with Crippen LogP contribution in [0.2, 0.25) is 10.0 Å². The zero-order chi connectivity index (χ0) is 24.7. The first kappa shape index (κ1) is 26.4. The highest BCUT2D eigenvalue weighted by Crippen LogP contribution is 2.29. The van der Waals surface area contributed by atoms with Crippen LogP contribution < -0.4 is 5.32 Å². The van der Waals surface area contributed by atoms with Gasteiger partial charge in [-0.05, 0) is 17.7 Å². The summed E-state index contributed by atoms with van der Waals surface area (Å²) in [6.45, 7) is 2.55. The van der Waals surface area contributed by atoms with Crippen LogP contribution in [0.3, 0.4) is 0 Å². The molecule has 0 unspecified atom stereocenters. The lowest BCUT2D eigenvalue weighted by atomic mass is 10.1. The summed E-state index contributed by atoms with van der Waals surface area (Å²) in [5.74, 6) is 0.506. The van der Waals surface area contributed by atoms with Crippen molar-refractivity contribution in [2.24, 2.45) is 4.99 Å². The van der Waals surface area contributed by atoms with Crippen molar-refractivity contribution >= 4 is 44.8 Å². The smallest absolute Gasteiger partial charge is 0.248 e. The number of amides is 1. The van der Waals surface area contributed by atoms with Gasteiger partial charge in [0, 0.05) is 39.3 Å². The van der Waals surface area contributed by atoms with Crippen LogP contribution in [0.1, 0.15) is 11.1 Å². The van der Waals surface area contributed by atoms with Gasteiger partial charge >= 0.3 is 0 Å². The van der Waals surface area contributed by atoms with E-state index in [4.69, 9.17) is 27.9 Å². The lowest BCUT2D eigenvalue weighted by Crippen LogP contribution is -2.32. The molecular weight excluding hydrogens is 499 g/mol. The number of rotatable bonds is 11.